The predicted octanol–water partition coefficient (Wildman–Crippen LogP) is -2.09. The molecule has 2 rings (SSSR count). The van der Waals surface area contributed by atoms with Crippen molar-refractivity contribution in [3.05, 3.63) is 27.3 Å². The molecule has 4 atom stereocenters. The molecule has 0 bridgehead atoms. The topological polar surface area (TPSA) is 117 Å². The first-order valence-corrected chi connectivity index (χ1v) is 5.68. The number of aromatic amines is 1. The van der Waals surface area contributed by atoms with Gasteiger partial charge in [0.05, 0.1) is 6.61 Å². The van der Waals surface area contributed by atoms with Gasteiger partial charge in [-0.05, 0) is 6.92 Å². The van der Waals surface area contributed by atoms with Crippen LogP contribution in [0.5, 0.6) is 0 Å². The van der Waals surface area contributed by atoms with Gasteiger partial charge in [0.2, 0.25) is 5.67 Å². The molecule has 0 aromatic carbocycles. The van der Waals surface area contributed by atoms with E-state index in [4.69, 9.17) is 9.84 Å². The number of nitrogens with zero attached hydrogens (tertiary/aromatic N) is 2. The number of H-pyrrole nitrogens is 1. The molecule has 0 spiro atoms. The highest BCUT2D eigenvalue weighted by atomic mass is 19.1. The van der Waals surface area contributed by atoms with Gasteiger partial charge in [-0.15, -0.1) is 5.92 Å². The minimum Gasteiger partial charge on any atom is -0.394 e. The summed E-state index contributed by atoms with van der Waals surface area (Å²) in [7, 11) is 0. The molecule has 108 valence electrons. The lowest BCUT2D eigenvalue weighted by molar-refractivity contribution is -0.0549. The molecule has 0 aliphatic carbocycles. The van der Waals surface area contributed by atoms with Crippen molar-refractivity contribution >= 4 is 0 Å². The number of hydrogen-bond donors (Lipinski definition) is 3. The van der Waals surface area contributed by atoms with E-state index >= 15 is 0 Å². The highest BCUT2D eigenvalue weighted by Crippen LogP contribution is 2.40. The molecule has 8 nitrogen and oxygen atoms in total. The summed E-state index contributed by atoms with van der Waals surface area (Å²) in [6.07, 6.45) is -3.82. The van der Waals surface area contributed by atoms with E-state index in [0.717, 1.165) is 6.33 Å². The molecule has 20 heavy (non-hydrogen) atoms. The van der Waals surface area contributed by atoms with Crippen molar-refractivity contribution in [2.75, 3.05) is 6.61 Å². The van der Waals surface area contributed by atoms with Crippen LogP contribution in [0.15, 0.2) is 15.9 Å². The molecule has 1 unspecified atom stereocenters. The van der Waals surface area contributed by atoms with E-state index in [-0.39, 0.29) is 0 Å². The van der Waals surface area contributed by atoms with Gasteiger partial charge in [0, 0.05) is 0 Å². The largest absolute Gasteiger partial charge is 0.394 e. The van der Waals surface area contributed by atoms with E-state index in [1.807, 2.05) is 4.98 Å². The van der Waals surface area contributed by atoms with Gasteiger partial charge in [0.1, 0.15) is 18.5 Å². The zero-order valence-electron chi connectivity index (χ0n) is 10.4. The van der Waals surface area contributed by atoms with Crippen molar-refractivity contribution in [1.82, 2.24) is 14.5 Å². The number of halogens is 1. The zero-order chi connectivity index (χ0) is 14.9. The fraction of sp³-hybridized carbons (Fsp3) is 0.545. The van der Waals surface area contributed by atoms with Gasteiger partial charge in [-0.25, -0.2) is 14.0 Å². The van der Waals surface area contributed by atoms with E-state index in [0.29, 0.717) is 4.57 Å². The Morgan fingerprint density at radius 3 is 2.90 bits per heavy atom. The van der Waals surface area contributed by atoms with Gasteiger partial charge in [-0.1, -0.05) is 5.92 Å². The second-order valence-electron chi connectivity index (χ2n) is 4.18. The van der Waals surface area contributed by atoms with Crippen molar-refractivity contribution in [2.24, 2.45) is 0 Å². The predicted molar refractivity (Wildman–Crippen MR) is 63.4 cm³/mol. The summed E-state index contributed by atoms with van der Waals surface area (Å²) in [6.45, 7) is 0.700. The van der Waals surface area contributed by atoms with Crippen LogP contribution in [0.25, 0.3) is 0 Å². The maximum atomic E-state index is 14.8. The van der Waals surface area contributed by atoms with Crippen LogP contribution in [0.2, 0.25) is 0 Å². The summed E-state index contributed by atoms with van der Waals surface area (Å²) in [6, 6.07) is 0. The average Bonchev–Trinajstić information content (AvgIpc) is 2.63. The summed E-state index contributed by atoms with van der Waals surface area (Å²) in [5.74, 6) is 4.44. The molecule has 1 aromatic rings. The maximum absolute atomic E-state index is 14.8. The van der Waals surface area contributed by atoms with E-state index < -0.39 is 42.1 Å². The molecule has 3 N–H and O–H groups in total. The minimum atomic E-state index is -2.61. The first-order valence-electron chi connectivity index (χ1n) is 5.68. The van der Waals surface area contributed by atoms with Crippen molar-refractivity contribution in [3.63, 3.8) is 0 Å². The third-order valence-corrected chi connectivity index (χ3v) is 2.94. The molecule has 9 heteroatoms. The van der Waals surface area contributed by atoms with Gasteiger partial charge in [0.15, 0.2) is 6.23 Å². The fourth-order valence-electron chi connectivity index (χ4n) is 2.02. The molecule has 1 aromatic heterocycles. The molecule has 1 saturated heterocycles. The molecule has 0 saturated carbocycles. The second-order valence-corrected chi connectivity index (χ2v) is 4.18. The SMILES string of the molecule is CC#C[C@@]1(F)C(O)[C@@H](CO)O[C@H]1n1cnc(=O)[nH]c1=O. The lowest BCUT2D eigenvalue weighted by Gasteiger charge is -2.23. The average molecular weight is 285 g/mol. The minimum absolute atomic E-state index is 0.653. The number of nitrogens with one attached hydrogen (secondary N) is 1. The van der Waals surface area contributed by atoms with Crippen LogP contribution < -0.4 is 11.4 Å². The Hall–Kier alpha value is -2.02. The number of aliphatic hydroxyl groups excluding tert-OH is 2. The summed E-state index contributed by atoms with van der Waals surface area (Å²) in [5, 5.41) is 18.9. The van der Waals surface area contributed by atoms with Crippen molar-refractivity contribution in [3.8, 4) is 11.8 Å². The van der Waals surface area contributed by atoms with E-state index in [9.17, 15) is 19.1 Å². The number of ether oxygens (including phenoxy) is 1. The smallest absolute Gasteiger partial charge is 0.350 e. The lowest BCUT2D eigenvalue weighted by Crippen LogP contribution is -2.45. The first kappa shape index (κ1) is 14.4. The van der Waals surface area contributed by atoms with Crippen LogP contribution in [0, 0.1) is 11.8 Å². The number of aromatic nitrogens is 3. The van der Waals surface area contributed by atoms with Gasteiger partial charge in [-0.3, -0.25) is 9.55 Å². The molecule has 2 heterocycles. The number of aliphatic hydroxyl groups is 2. The Bertz CT molecular complexity index is 675. The Labute approximate surface area is 111 Å². The highest BCUT2D eigenvalue weighted by molar-refractivity contribution is 5.22. The molecule has 1 fully saturated rings. The second kappa shape index (κ2) is 5.16. The summed E-state index contributed by atoms with van der Waals surface area (Å²) in [5.41, 5.74) is -4.46. The van der Waals surface area contributed by atoms with Crippen LogP contribution in [-0.2, 0) is 4.74 Å². The van der Waals surface area contributed by atoms with Crippen LogP contribution in [0.1, 0.15) is 13.2 Å². The normalized spacial score (nSPS) is 32.7. The summed E-state index contributed by atoms with van der Waals surface area (Å²) in [4.78, 5) is 27.7. The first-order chi connectivity index (χ1) is 9.43. The monoisotopic (exact) mass is 285 g/mol. The number of rotatable bonds is 2. The van der Waals surface area contributed by atoms with Crippen molar-refractivity contribution in [1.29, 1.82) is 0 Å². The number of hydrogen-bond acceptors (Lipinski definition) is 6. The van der Waals surface area contributed by atoms with Gasteiger partial charge in [0.25, 0.3) is 0 Å². The van der Waals surface area contributed by atoms with Crippen molar-refractivity contribution < 1.29 is 19.3 Å². The van der Waals surface area contributed by atoms with Crippen LogP contribution >= 0.6 is 0 Å². The molecule has 1 aliphatic rings. The Morgan fingerprint density at radius 1 is 1.65 bits per heavy atom. The van der Waals surface area contributed by atoms with E-state index in [1.54, 1.807) is 0 Å². The Morgan fingerprint density at radius 2 is 2.35 bits per heavy atom. The van der Waals surface area contributed by atoms with E-state index in [1.165, 1.54) is 6.92 Å². The third-order valence-electron chi connectivity index (χ3n) is 2.94. The fourth-order valence-corrected chi connectivity index (χ4v) is 2.02. The van der Waals surface area contributed by atoms with Crippen LogP contribution in [0.3, 0.4) is 0 Å². The third kappa shape index (κ3) is 2.14. The Balaban J connectivity index is 2.55. The van der Waals surface area contributed by atoms with E-state index in [2.05, 4.69) is 16.8 Å². The highest BCUT2D eigenvalue weighted by Gasteiger charge is 2.57. The summed E-state index contributed by atoms with van der Waals surface area (Å²) < 4.78 is 20.6. The quantitative estimate of drug-likeness (QED) is 0.537. The maximum Gasteiger partial charge on any atom is 0.350 e. The van der Waals surface area contributed by atoms with Crippen LogP contribution in [-0.4, -0.2) is 49.2 Å². The molecular formula is C11H12FN3O5. The Kier molecular flexibility index (Phi) is 3.71. The number of alkyl halides is 1. The van der Waals surface area contributed by atoms with Crippen LogP contribution in [0.4, 0.5) is 4.39 Å². The zero-order valence-corrected chi connectivity index (χ0v) is 10.4. The molecule has 0 radical (unpaired) electrons. The standard InChI is InChI=1S/C11H12FN3O5/c1-2-3-11(12)7(17)6(4-16)20-8(11)15-5-13-9(18)14-10(15)19/h5-8,16-17H,4H2,1H3,(H,14,18,19)/t6-,7?,8-,11-/m1/s1. The molecule has 0 amide bonds. The van der Waals surface area contributed by atoms with Gasteiger partial charge in [-0.2, -0.15) is 4.98 Å². The summed E-state index contributed by atoms with van der Waals surface area (Å²) >= 11 is 0. The van der Waals surface area contributed by atoms with Gasteiger partial charge >= 0.3 is 11.4 Å². The molecular weight excluding hydrogens is 273 g/mol. The van der Waals surface area contributed by atoms with Gasteiger partial charge < -0.3 is 14.9 Å². The van der Waals surface area contributed by atoms with Crippen molar-refractivity contribution in [2.45, 2.75) is 31.0 Å². The molecule has 1 aliphatic heterocycles. The lowest BCUT2D eigenvalue weighted by atomic mass is 9.96.